The molecule has 5 unspecified atom stereocenters. The third-order valence-corrected chi connectivity index (χ3v) is 4.73. The normalized spacial score (nSPS) is 15.5. The Balaban J connectivity index is 5.35. The lowest BCUT2D eigenvalue weighted by molar-refractivity contribution is -0.145. The third kappa shape index (κ3) is 11.1. The second-order valence-corrected chi connectivity index (χ2v) is 7.34. The van der Waals surface area contributed by atoms with Crippen molar-refractivity contribution in [3.8, 4) is 0 Å². The molecule has 0 aromatic carbocycles. The number of amides is 3. The summed E-state index contributed by atoms with van der Waals surface area (Å²) in [5.41, 5.74) is 16.1. The van der Waals surface area contributed by atoms with Gasteiger partial charge in [0, 0.05) is 18.1 Å². The van der Waals surface area contributed by atoms with Gasteiger partial charge in [0.25, 0.3) is 0 Å². The first-order valence-electron chi connectivity index (χ1n) is 9.29. The maximum Gasteiger partial charge on any atom is 0.328 e. The summed E-state index contributed by atoms with van der Waals surface area (Å²) in [7, 11) is 0. The molecule has 0 fully saturated rings. The number of hydrogen-bond donors (Lipinski definition) is 10. The van der Waals surface area contributed by atoms with Crippen LogP contribution in [0.4, 0.5) is 0 Å². The number of aliphatic carboxylic acids is 1. The van der Waals surface area contributed by atoms with Gasteiger partial charge < -0.3 is 43.4 Å². The number of guanidine groups is 1. The van der Waals surface area contributed by atoms with Crippen LogP contribution in [-0.2, 0) is 19.2 Å². The topological polar surface area (TPSA) is 235 Å². The van der Waals surface area contributed by atoms with E-state index in [9.17, 15) is 24.3 Å². The fraction of sp³-hybridized carbons (Fsp3) is 0.688. The van der Waals surface area contributed by atoms with Crippen molar-refractivity contribution in [2.75, 3.05) is 18.1 Å². The molecule has 0 spiro atoms. The SMILES string of the molecule is CC(O)C(NC(=O)C(CCCN=C(N)N)NC(=O)C(CS)NC(=O)C(N)CS)C(=O)O. The van der Waals surface area contributed by atoms with Crippen molar-refractivity contribution in [3.05, 3.63) is 0 Å². The van der Waals surface area contributed by atoms with Crippen LogP contribution in [0.2, 0.25) is 0 Å². The van der Waals surface area contributed by atoms with Gasteiger partial charge in [0.2, 0.25) is 17.7 Å². The molecule has 3 amide bonds. The molecule has 0 heterocycles. The fourth-order valence-corrected chi connectivity index (χ4v) is 2.67. The number of aliphatic hydroxyl groups is 1. The van der Waals surface area contributed by atoms with E-state index in [4.69, 9.17) is 22.3 Å². The van der Waals surface area contributed by atoms with Crippen LogP contribution in [0.5, 0.6) is 0 Å². The third-order valence-electron chi connectivity index (χ3n) is 3.97. The predicted octanol–water partition coefficient (Wildman–Crippen LogP) is -3.85. The van der Waals surface area contributed by atoms with Crippen LogP contribution in [0.3, 0.4) is 0 Å². The number of nitrogens with one attached hydrogen (secondary N) is 3. The average Bonchev–Trinajstić information content (AvgIpc) is 2.70. The number of hydrogen-bond acceptors (Lipinski definition) is 9. The highest BCUT2D eigenvalue weighted by Gasteiger charge is 2.31. The summed E-state index contributed by atoms with van der Waals surface area (Å²) < 4.78 is 0. The first-order valence-corrected chi connectivity index (χ1v) is 10.6. The quantitative estimate of drug-likeness (QED) is 0.0505. The Labute approximate surface area is 190 Å². The molecule has 0 aromatic rings. The van der Waals surface area contributed by atoms with E-state index in [2.05, 4.69) is 46.2 Å². The van der Waals surface area contributed by atoms with E-state index in [-0.39, 0.29) is 36.9 Å². The van der Waals surface area contributed by atoms with Gasteiger partial charge in [-0.1, -0.05) is 0 Å². The largest absolute Gasteiger partial charge is 0.480 e. The van der Waals surface area contributed by atoms with Crippen molar-refractivity contribution in [2.24, 2.45) is 22.2 Å². The number of carbonyl (C=O) groups excluding carboxylic acids is 3. The molecule has 0 bridgehead atoms. The Hall–Kier alpha value is -2.23. The molecule has 0 aliphatic rings. The first kappa shape index (κ1) is 28.8. The predicted molar refractivity (Wildman–Crippen MR) is 121 cm³/mol. The number of carbonyl (C=O) groups is 4. The van der Waals surface area contributed by atoms with Gasteiger partial charge in [0.15, 0.2) is 12.0 Å². The van der Waals surface area contributed by atoms with Crippen molar-refractivity contribution in [3.63, 3.8) is 0 Å². The van der Waals surface area contributed by atoms with E-state index in [1.165, 1.54) is 6.92 Å². The van der Waals surface area contributed by atoms with Crippen molar-refractivity contribution in [2.45, 2.75) is 50.0 Å². The van der Waals surface area contributed by atoms with Crippen molar-refractivity contribution in [1.82, 2.24) is 16.0 Å². The van der Waals surface area contributed by atoms with Crippen molar-refractivity contribution in [1.29, 1.82) is 0 Å². The molecule has 0 saturated heterocycles. The summed E-state index contributed by atoms with van der Waals surface area (Å²) >= 11 is 7.94. The van der Waals surface area contributed by atoms with Gasteiger partial charge in [-0.2, -0.15) is 25.3 Å². The maximum atomic E-state index is 12.6. The van der Waals surface area contributed by atoms with Crippen LogP contribution in [-0.4, -0.2) is 88.2 Å². The molecule has 178 valence electrons. The highest BCUT2D eigenvalue weighted by Crippen LogP contribution is 2.03. The molecule has 0 rings (SSSR count). The first-order chi connectivity index (χ1) is 14.4. The minimum atomic E-state index is -1.58. The molecule has 5 atom stereocenters. The van der Waals surface area contributed by atoms with Crippen LogP contribution >= 0.6 is 25.3 Å². The monoisotopic (exact) mass is 481 g/mol. The smallest absolute Gasteiger partial charge is 0.328 e. The second kappa shape index (κ2) is 14.7. The molecule has 0 radical (unpaired) electrons. The highest BCUT2D eigenvalue weighted by molar-refractivity contribution is 7.80. The Kier molecular flexibility index (Phi) is 13.7. The number of carboxylic acids is 1. The maximum absolute atomic E-state index is 12.6. The lowest BCUT2D eigenvalue weighted by Gasteiger charge is -2.25. The number of rotatable bonds is 14. The summed E-state index contributed by atoms with van der Waals surface area (Å²) in [6.07, 6.45) is -1.07. The van der Waals surface area contributed by atoms with Gasteiger partial charge in [-0.05, 0) is 19.8 Å². The molecule has 15 heteroatoms. The number of carboxylic acid groups (broad SMARTS) is 1. The summed E-state index contributed by atoms with van der Waals surface area (Å²) in [6.45, 7) is 1.35. The number of nitrogens with zero attached hydrogens (tertiary/aromatic N) is 1. The van der Waals surface area contributed by atoms with Gasteiger partial charge in [0.05, 0.1) is 12.1 Å². The number of aliphatic imine (C=N–C) groups is 1. The summed E-state index contributed by atoms with van der Waals surface area (Å²) in [6, 6.07) is -4.83. The standard InChI is InChI=1S/C16H31N7O6S2/c1-7(24)11(15(28)29)23-13(26)9(3-2-4-20-16(18)19)21-14(27)10(6-31)22-12(25)8(17)5-30/h7-11,24,30-31H,2-6,17H2,1H3,(H,21,27)(H,22,25)(H,23,26)(H,28,29)(H4,18,19,20). The van der Waals surface area contributed by atoms with Crippen molar-refractivity contribution >= 4 is 54.9 Å². The Bertz CT molecular complexity index is 660. The zero-order valence-corrected chi connectivity index (χ0v) is 18.8. The minimum absolute atomic E-state index is 0.0455. The Morgan fingerprint density at radius 2 is 1.52 bits per heavy atom. The van der Waals surface area contributed by atoms with E-state index in [0.29, 0.717) is 0 Å². The minimum Gasteiger partial charge on any atom is -0.480 e. The van der Waals surface area contributed by atoms with E-state index in [0.717, 1.165) is 0 Å². The zero-order valence-electron chi connectivity index (χ0n) is 17.0. The fourth-order valence-electron chi connectivity index (χ4n) is 2.24. The lowest BCUT2D eigenvalue weighted by Crippen LogP contribution is -2.58. The van der Waals surface area contributed by atoms with E-state index in [1.54, 1.807) is 0 Å². The van der Waals surface area contributed by atoms with Crippen LogP contribution < -0.4 is 33.2 Å². The van der Waals surface area contributed by atoms with Gasteiger partial charge >= 0.3 is 5.97 Å². The van der Waals surface area contributed by atoms with Crippen LogP contribution in [0.15, 0.2) is 4.99 Å². The molecule has 0 aromatic heterocycles. The lowest BCUT2D eigenvalue weighted by atomic mass is 10.1. The summed E-state index contributed by atoms with van der Waals surface area (Å²) in [4.78, 5) is 52.1. The molecule has 0 saturated carbocycles. The van der Waals surface area contributed by atoms with Crippen LogP contribution in [0, 0.1) is 0 Å². The van der Waals surface area contributed by atoms with Crippen molar-refractivity contribution < 1.29 is 29.4 Å². The van der Waals surface area contributed by atoms with Gasteiger partial charge in [-0.15, -0.1) is 0 Å². The van der Waals surface area contributed by atoms with Gasteiger partial charge in [-0.3, -0.25) is 19.4 Å². The summed E-state index contributed by atoms with van der Waals surface area (Å²) in [5, 5.41) is 25.7. The van der Waals surface area contributed by atoms with E-state index in [1.807, 2.05) is 0 Å². The van der Waals surface area contributed by atoms with Gasteiger partial charge in [0.1, 0.15) is 12.1 Å². The summed E-state index contributed by atoms with van der Waals surface area (Å²) in [5.74, 6) is -3.84. The van der Waals surface area contributed by atoms with E-state index < -0.39 is 54.0 Å². The molecular weight excluding hydrogens is 450 g/mol. The second-order valence-electron chi connectivity index (χ2n) is 6.61. The molecule has 11 N–H and O–H groups in total. The molecule has 0 aliphatic carbocycles. The molecular formula is C16H31N7O6S2. The zero-order chi connectivity index (χ0) is 24.1. The molecule has 0 aliphatic heterocycles. The highest BCUT2D eigenvalue weighted by atomic mass is 32.1. The van der Waals surface area contributed by atoms with Crippen LogP contribution in [0.25, 0.3) is 0 Å². The Morgan fingerprint density at radius 3 is 1.97 bits per heavy atom. The molecule has 31 heavy (non-hydrogen) atoms. The average molecular weight is 482 g/mol. The molecule has 13 nitrogen and oxygen atoms in total. The van der Waals surface area contributed by atoms with E-state index >= 15 is 0 Å². The Morgan fingerprint density at radius 1 is 0.968 bits per heavy atom. The van der Waals surface area contributed by atoms with Crippen LogP contribution in [0.1, 0.15) is 19.8 Å². The van der Waals surface area contributed by atoms with Gasteiger partial charge in [-0.25, -0.2) is 4.79 Å². The number of nitrogens with two attached hydrogens (primary N) is 3. The number of thiol groups is 2. The number of aliphatic hydroxyl groups excluding tert-OH is 1.